The normalized spacial score (nSPS) is 14.2. The second-order valence-electron chi connectivity index (χ2n) is 5.04. The fourth-order valence-electron chi connectivity index (χ4n) is 2.42. The standard InChI is InChI=1S/C16H16N2O3/c19-15-8-3-12(11-21-15)16(20)17-13-4-6-14(7-5-13)18-9-1-2-10-18/h3-8,11H,1-2,9-10H2,(H,17,20). The first-order valence-corrected chi connectivity index (χ1v) is 6.97. The molecule has 1 fully saturated rings. The predicted molar refractivity (Wildman–Crippen MR) is 80.8 cm³/mol. The molecule has 5 nitrogen and oxygen atoms in total. The molecule has 0 bridgehead atoms. The van der Waals surface area contributed by atoms with E-state index in [0.29, 0.717) is 11.3 Å². The van der Waals surface area contributed by atoms with Crippen LogP contribution in [0.5, 0.6) is 0 Å². The number of anilines is 2. The lowest BCUT2D eigenvalue weighted by molar-refractivity contribution is 0.102. The number of nitrogens with one attached hydrogen (secondary N) is 1. The van der Waals surface area contributed by atoms with Crippen molar-refractivity contribution in [3.8, 4) is 0 Å². The Morgan fingerprint density at radius 3 is 2.38 bits per heavy atom. The zero-order valence-electron chi connectivity index (χ0n) is 11.5. The Bertz CT molecular complexity index is 665. The molecular formula is C16H16N2O3. The minimum Gasteiger partial charge on any atom is -0.430 e. The van der Waals surface area contributed by atoms with Crippen molar-refractivity contribution in [2.75, 3.05) is 23.3 Å². The van der Waals surface area contributed by atoms with Gasteiger partial charge in [-0.1, -0.05) is 0 Å². The van der Waals surface area contributed by atoms with Crippen LogP contribution in [0.4, 0.5) is 11.4 Å². The van der Waals surface area contributed by atoms with Gasteiger partial charge in [-0.15, -0.1) is 0 Å². The Morgan fingerprint density at radius 2 is 1.76 bits per heavy atom. The molecule has 1 aliphatic heterocycles. The third-order valence-electron chi connectivity index (χ3n) is 3.56. The van der Waals surface area contributed by atoms with Crippen molar-refractivity contribution >= 4 is 17.3 Å². The average Bonchev–Trinajstić information content (AvgIpc) is 3.03. The number of hydrogen-bond acceptors (Lipinski definition) is 4. The van der Waals surface area contributed by atoms with Crippen molar-refractivity contribution in [2.24, 2.45) is 0 Å². The maximum atomic E-state index is 12.0. The van der Waals surface area contributed by atoms with Crippen molar-refractivity contribution in [1.29, 1.82) is 0 Å². The maximum Gasteiger partial charge on any atom is 0.335 e. The van der Waals surface area contributed by atoms with Gasteiger partial charge >= 0.3 is 5.63 Å². The highest BCUT2D eigenvalue weighted by Gasteiger charge is 2.12. The largest absolute Gasteiger partial charge is 0.430 e. The molecule has 108 valence electrons. The fraction of sp³-hybridized carbons (Fsp3) is 0.250. The Labute approximate surface area is 122 Å². The van der Waals surface area contributed by atoms with Crippen LogP contribution < -0.4 is 15.8 Å². The predicted octanol–water partition coefficient (Wildman–Crippen LogP) is 2.49. The van der Waals surface area contributed by atoms with Crippen LogP contribution in [0, 0.1) is 0 Å². The molecule has 1 amide bonds. The molecule has 1 saturated heterocycles. The third kappa shape index (κ3) is 3.13. The minimum atomic E-state index is -0.471. The molecule has 1 aliphatic rings. The van der Waals surface area contributed by atoms with Gasteiger partial charge in [0.15, 0.2) is 0 Å². The van der Waals surface area contributed by atoms with Gasteiger partial charge in [0.2, 0.25) is 0 Å². The lowest BCUT2D eigenvalue weighted by Crippen LogP contribution is -2.17. The quantitative estimate of drug-likeness (QED) is 0.940. The van der Waals surface area contributed by atoms with E-state index in [1.165, 1.54) is 30.7 Å². The lowest BCUT2D eigenvalue weighted by Gasteiger charge is -2.17. The van der Waals surface area contributed by atoms with Gasteiger partial charge in [-0.2, -0.15) is 0 Å². The number of carbonyl (C=O) groups is 1. The van der Waals surface area contributed by atoms with E-state index in [1.54, 1.807) is 0 Å². The van der Waals surface area contributed by atoms with Crippen LogP contribution in [0.15, 0.2) is 51.9 Å². The Morgan fingerprint density at radius 1 is 1.05 bits per heavy atom. The first kappa shape index (κ1) is 13.4. The van der Waals surface area contributed by atoms with Crippen LogP contribution >= 0.6 is 0 Å². The van der Waals surface area contributed by atoms with Gasteiger partial charge in [0.25, 0.3) is 5.91 Å². The van der Waals surface area contributed by atoms with Crippen molar-refractivity contribution < 1.29 is 9.21 Å². The van der Waals surface area contributed by atoms with Crippen molar-refractivity contribution in [3.05, 3.63) is 58.6 Å². The van der Waals surface area contributed by atoms with Crippen LogP contribution in [0.1, 0.15) is 23.2 Å². The highest BCUT2D eigenvalue weighted by molar-refractivity contribution is 6.03. The van der Waals surface area contributed by atoms with Gasteiger partial charge in [-0.3, -0.25) is 4.79 Å². The number of nitrogens with zero attached hydrogens (tertiary/aromatic N) is 1. The molecule has 2 aromatic rings. The summed E-state index contributed by atoms with van der Waals surface area (Å²) in [6.45, 7) is 2.18. The van der Waals surface area contributed by atoms with E-state index >= 15 is 0 Å². The molecule has 0 unspecified atom stereocenters. The fourth-order valence-corrected chi connectivity index (χ4v) is 2.42. The van der Waals surface area contributed by atoms with E-state index < -0.39 is 5.63 Å². The van der Waals surface area contributed by atoms with E-state index in [4.69, 9.17) is 0 Å². The summed E-state index contributed by atoms with van der Waals surface area (Å²) in [6, 6.07) is 10.4. The first-order valence-electron chi connectivity index (χ1n) is 6.97. The molecule has 0 saturated carbocycles. The SMILES string of the molecule is O=C(Nc1ccc(N2CCCC2)cc1)c1ccc(=O)oc1. The monoisotopic (exact) mass is 284 g/mol. The van der Waals surface area contributed by atoms with Crippen molar-refractivity contribution in [2.45, 2.75) is 12.8 Å². The number of hydrogen-bond donors (Lipinski definition) is 1. The summed E-state index contributed by atoms with van der Waals surface area (Å²) in [5.74, 6) is -0.298. The molecule has 2 heterocycles. The van der Waals surface area contributed by atoms with E-state index in [-0.39, 0.29) is 5.91 Å². The first-order chi connectivity index (χ1) is 10.2. The maximum absolute atomic E-state index is 12.0. The molecule has 1 N–H and O–H groups in total. The van der Waals surface area contributed by atoms with Gasteiger partial charge in [0, 0.05) is 30.5 Å². The molecular weight excluding hydrogens is 268 g/mol. The Kier molecular flexibility index (Phi) is 3.73. The van der Waals surface area contributed by atoms with Crippen LogP contribution in [0.25, 0.3) is 0 Å². The second kappa shape index (κ2) is 5.83. The summed E-state index contributed by atoms with van der Waals surface area (Å²) in [5, 5.41) is 2.78. The highest BCUT2D eigenvalue weighted by Crippen LogP contribution is 2.22. The van der Waals surface area contributed by atoms with E-state index in [2.05, 4.69) is 14.6 Å². The lowest BCUT2D eigenvalue weighted by atomic mass is 10.2. The molecule has 1 aromatic heterocycles. The number of carbonyl (C=O) groups excluding carboxylic acids is 1. The Balaban J connectivity index is 1.68. The van der Waals surface area contributed by atoms with Gasteiger partial charge in [0.1, 0.15) is 6.26 Å². The van der Waals surface area contributed by atoms with Crippen LogP contribution in [0.2, 0.25) is 0 Å². The van der Waals surface area contributed by atoms with E-state index in [0.717, 1.165) is 19.4 Å². The molecule has 0 radical (unpaired) electrons. The molecule has 1 aromatic carbocycles. The van der Waals surface area contributed by atoms with Crippen molar-refractivity contribution in [1.82, 2.24) is 0 Å². The molecule has 0 aliphatic carbocycles. The smallest absolute Gasteiger partial charge is 0.335 e. The summed E-state index contributed by atoms with van der Waals surface area (Å²) in [6.07, 6.45) is 3.63. The molecule has 0 atom stereocenters. The molecule has 21 heavy (non-hydrogen) atoms. The van der Waals surface area contributed by atoms with Crippen LogP contribution in [0.3, 0.4) is 0 Å². The summed E-state index contributed by atoms with van der Waals surface area (Å²) >= 11 is 0. The summed E-state index contributed by atoms with van der Waals surface area (Å²) in [5.41, 5.74) is 1.74. The van der Waals surface area contributed by atoms with Gasteiger partial charge in [-0.25, -0.2) is 4.79 Å². The zero-order chi connectivity index (χ0) is 14.7. The zero-order valence-corrected chi connectivity index (χ0v) is 11.5. The second-order valence-corrected chi connectivity index (χ2v) is 5.04. The van der Waals surface area contributed by atoms with Crippen LogP contribution in [-0.2, 0) is 0 Å². The molecule has 5 heteroatoms. The topological polar surface area (TPSA) is 62.6 Å². The highest BCUT2D eigenvalue weighted by atomic mass is 16.4. The van der Waals surface area contributed by atoms with Gasteiger partial charge in [0.05, 0.1) is 5.56 Å². The number of rotatable bonds is 3. The minimum absolute atomic E-state index is 0.298. The van der Waals surface area contributed by atoms with E-state index in [9.17, 15) is 9.59 Å². The van der Waals surface area contributed by atoms with Crippen molar-refractivity contribution in [3.63, 3.8) is 0 Å². The Hall–Kier alpha value is -2.56. The van der Waals surface area contributed by atoms with Gasteiger partial charge < -0.3 is 14.6 Å². The average molecular weight is 284 g/mol. The third-order valence-corrected chi connectivity index (χ3v) is 3.56. The summed E-state index contributed by atoms with van der Waals surface area (Å²) in [4.78, 5) is 25.2. The number of amides is 1. The van der Waals surface area contributed by atoms with E-state index in [1.807, 2.05) is 24.3 Å². The van der Waals surface area contributed by atoms with Crippen LogP contribution in [-0.4, -0.2) is 19.0 Å². The summed E-state index contributed by atoms with van der Waals surface area (Å²) < 4.78 is 4.68. The molecule has 3 rings (SSSR count). The molecule has 0 spiro atoms. The summed E-state index contributed by atoms with van der Waals surface area (Å²) in [7, 11) is 0. The number of benzene rings is 1. The van der Waals surface area contributed by atoms with Gasteiger partial charge in [-0.05, 0) is 43.2 Å².